The van der Waals surface area contributed by atoms with Crippen molar-refractivity contribution in [3.05, 3.63) is 58.7 Å². The maximum absolute atomic E-state index is 5.68. The van der Waals surface area contributed by atoms with Gasteiger partial charge in [-0.3, -0.25) is 5.84 Å². The Bertz CT molecular complexity index is 513. The highest BCUT2D eigenvalue weighted by Crippen LogP contribution is 2.17. The average Bonchev–Trinajstić information content (AvgIpc) is 2.37. The molecular weight excluding hydrogens is 270 g/mol. The molecule has 0 amide bonds. The zero-order chi connectivity index (χ0) is 14.4. The number of nitrogen functional groups attached to an aromatic ring is 2. The first-order valence-electron chi connectivity index (χ1n) is 6.32. The Morgan fingerprint density at radius 3 is 1.35 bits per heavy atom. The lowest BCUT2D eigenvalue weighted by molar-refractivity contribution is 1.27. The highest BCUT2D eigenvalue weighted by atomic mass is 35.5. The lowest BCUT2D eigenvalue weighted by Gasteiger charge is -2.06. The van der Waals surface area contributed by atoms with E-state index in [1.54, 1.807) is 0 Å². The van der Waals surface area contributed by atoms with Crippen molar-refractivity contribution in [2.24, 2.45) is 5.84 Å². The van der Waals surface area contributed by atoms with Crippen LogP contribution < -0.4 is 17.0 Å². The Hall–Kier alpha value is -1.71. The minimum atomic E-state index is 0. The lowest BCUT2D eigenvalue weighted by atomic mass is 10.1. The summed E-state index contributed by atoms with van der Waals surface area (Å²) in [5.41, 5.74) is 15.0. The number of anilines is 2. The zero-order valence-corrected chi connectivity index (χ0v) is 13.3. The zero-order valence-electron chi connectivity index (χ0n) is 12.5. The van der Waals surface area contributed by atoms with Crippen LogP contribution in [0.25, 0.3) is 0 Å². The van der Waals surface area contributed by atoms with Crippen LogP contribution >= 0.6 is 12.4 Å². The van der Waals surface area contributed by atoms with Gasteiger partial charge in [-0.1, -0.05) is 36.4 Å². The highest BCUT2D eigenvalue weighted by Gasteiger charge is 1.96. The fourth-order valence-electron chi connectivity index (χ4n) is 1.87. The molecule has 5 N–H and O–H groups in total. The fourth-order valence-corrected chi connectivity index (χ4v) is 1.87. The molecule has 0 radical (unpaired) electrons. The van der Waals surface area contributed by atoms with Crippen molar-refractivity contribution in [2.45, 2.75) is 27.7 Å². The van der Waals surface area contributed by atoms with Gasteiger partial charge in [0.05, 0.1) is 5.69 Å². The Morgan fingerprint density at radius 2 is 1.10 bits per heavy atom. The van der Waals surface area contributed by atoms with Crippen LogP contribution in [0.1, 0.15) is 22.3 Å². The molecule has 0 saturated heterocycles. The van der Waals surface area contributed by atoms with E-state index in [4.69, 9.17) is 11.6 Å². The largest absolute Gasteiger partial charge is 0.398 e. The van der Waals surface area contributed by atoms with E-state index in [1.807, 2.05) is 64.1 Å². The second kappa shape index (κ2) is 8.46. The SMILES string of the molecule is Cc1cccc(C)c1N.Cc1cccc(C)c1NN.Cl. The molecule has 0 fully saturated rings. The molecule has 0 heterocycles. The van der Waals surface area contributed by atoms with Gasteiger partial charge in [-0.15, -0.1) is 12.4 Å². The average molecular weight is 294 g/mol. The smallest absolute Gasteiger partial charge is 0.0543 e. The third-order valence-electron chi connectivity index (χ3n) is 3.17. The first-order valence-corrected chi connectivity index (χ1v) is 6.32. The second-order valence-electron chi connectivity index (χ2n) is 4.72. The highest BCUT2D eigenvalue weighted by molar-refractivity contribution is 5.85. The third-order valence-corrected chi connectivity index (χ3v) is 3.17. The number of hydrazine groups is 1. The Balaban J connectivity index is 0.000000345. The molecule has 0 bridgehead atoms. The summed E-state index contributed by atoms with van der Waals surface area (Å²) in [6.45, 7) is 8.09. The van der Waals surface area contributed by atoms with E-state index < -0.39 is 0 Å². The number of aryl methyl sites for hydroxylation is 4. The van der Waals surface area contributed by atoms with Crippen molar-refractivity contribution in [1.29, 1.82) is 0 Å². The Kier molecular flexibility index (Phi) is 7.74. The summed E-state index contributed by atoms with van der Waals surface area (Å²) in [5.74, 6) is 5.30. The van der Waals surface area contributed by atoms with Gasteiger partial charge in [-0.25, -0.2) is 0 Å². The first kappa shape index (κ1) is 18.3. The number of nitrogens with one attached hydrogen (secondary N) is 1. The van der Waals surface area contributed by atoms with E-state index in [1.165, 1.54) is 11.1 Å². The summed E-state index contributed by atoms with van der Waals surface area (Å²) in [7, 11) is 0. The van der Waals surface area contributed by atoms with E-state index >= 15 is 0 Å². The van der Waals surface area contributed by atoms with Crippen LogP contribution in [0.15, 0.2) is 36.4 Å². The van der Waals surface area contributed by atoms with Crippen molar-refractivity contribution < 1.29 is 0 Å². The minimum Gasteiger partial charge on any atom is -0.398 e. The topological polar surface area (TPSA) is 64.1 Å². The molecule has 0 aliphatic rings. The number of nitrogens with two attached hydrogens (primary N) is 2. The van der Waals surface area contributed by atoms with Gasteiger partial charge < -0.3 is 11.2 Å². The van der Waals surface area contributed by atoms with E-state index in [2.05, 4.69) is 5.43 Å². The number of hydrogen-bond acceptors (Lipinski definition) is 3. The summed E-state index contributed by atoms with van der Waals surface area (Å²) < 4.78 is 0. The van der Waals surface area contributed by atoms with Crippen LogP contribution in [0.4, 0.5) is 11.4 Å². The summed E-state index contributed by atoms with van der Waals surface area (Å²) in [6, 6.07) is 12.1. The molecular formula is C16H24ClN3. The van der Waals surface area contributed by atoms with Crippen LogP contribution in [-0.2, 0) is 0 Å². The normalized spacial score (nSPS) is 9.05. The molecule has 110 valence electrons. The first-order chi connectivity index (χ1) is 8.97. The van der Waals surface area contributed by atoms with Crippen molar-refractivity contribution in [3.63, 3.8) is 0 Å². The quantitative estimate of drug-likeness (QED) is 0.424. The van der Waals surface area contributed by atoms with Crippen LogP contribution in [0.5, 0.6) is 0 Å². The summed E-state index contributed by atoms with van der Waals surface area (Å²) in [6.07, 6.45) is 0. The number of benzene rings is 2. The molecule has 0 unspecified atom stereocenters. The van der Waals surface area contributed by atoms with Gasteiger partial charge in [-0.2, -0.15) is 0 Å². The van der Waals surface area contributed by atoms with Gasteiger partial charge in [0.2, 0.25) is 0 Å². The molecule has 0 aliphatic carbocycles. The van der Waals surface area contributed by atoms with Gasteiger partial charge >= 0.3 is 0 Å². The molecule has 2 aromatic carbocycles. The van der Waals surface area contributed by atoms with E-state index in [-0.39, 0.29) is 12.4 Å². The van der Waals surface area contributed by atoms with Gasteiger partial charge in [0, 0.05) is 5.69 Å². The fraction of sp³-hybridized carbons (Fsp3) is 0.250. The number of hydrogen-bond donors (Lipinski definition) is 3. The monoisotopic (exact) mass is 293 g/mol. The molecule has 2 aromatic rings. The van der Waals surface area contributed by atoms with Gasteiger partial charge in [0.15, 0.2) is 0 Å². The molecule has 0 saturated carbocycles. The predicted octanol–water partition coefficient (Wildman–Crippen LogP) is 3.90. The van der Waals surface area contributed by atoms with Crippen molar-refractivity contribution in [3.8, 4) is 0 Å². The standard InChI is InChI=1S/C8H12N2.C8H11N.ClH/c1-6-4-3-5-7(2)8(6)10-9;1-6-4-3-5-7(2)8(6)9;/h3-5,10H,9H2,1-2H3;3-5H,9H2,1-2H3;1H. The lowest BCUT2D eigenvalue weighted by Crippen LogP contribution is -2.09. The molecule has 20 heavy (non-hydrogen) atoms. The Labute approximate surface area is 127 Å². The molecule has 4 heteroatoms. The second-order valence-corrected chi connectivity index (χ2v) is 4.72. The molecule has 2 rings (SSSR count). The van der Waals surface area contributed by atoms with Crippen LogP contribution in [0.2, 0.25) is 0 Å². The van der Waals surface area contributed by atoms with Gasteiger partial charge in [0.25, 0.3) is 0 Å². The van der Waals surface area contributed by atoms with Crippen molar-refractivity contribution >= 4 is 23.8 Å². The van der Waals surface area contributed by atoms with E-state index in [9.17, 15) is 0 Å². The van der Waals surface area contributed by atoms with Gasteiger partial charge in [-0.05, 0) is 49.9 Å². The Morgan fingerprint density at radius 1 is 0.750 bits per heavy atom. The molecule has 0 aromatic heterocycles. The third kappa shape index (κ3) is 4.76. The van der Waals surface area contributed by atoms with Crippen molar-refractivity contribution in [2.75, 3.05) is 11.2 Å². The molecule has 0 atom stereocenters. The summed E-state index contributed by atoms with van der Waals surface area (Å²) in [4.78, 5) is 0. The molecule has 0 aliphatic heterocycles. The number of para-hydroxylation sites is 2. The van der Waals surface area contributed by atoms with Crippen LogP contribution in [0, 0.1) is 27.7 Å². The summed E-state index contributed by atoms with van der Waals surface area (Å²) >= 11 is 0. The maximum atomic E-state index is 5.68. The number of rotatable bonds is 1. The molecule has 0 spiro atoms. The van der Waals surface area contributed by atoms with Gasteiger partial charge in [0.1, 0.15) is 0 Å². The predicted molar refractivity (Wildman–Crippen MR) is 91.3 cm³/mol. The summed E-state index contributed by atoms with van der Waals surface area (Å²) in [5, 5.41) is 0. The van der Waals surface area contributed by atoms with Crippen LogP contribution in [-0.4, -0.2) is 0 Å². The number of halogens is 1. The van der Waals surface area contributed by atoms with E-state index in [0.717, 1.165) is 22.5 Å². The van der Waals surface area contributed by atoms with Crippen LogP contribution in [0.3, 0.4) is 0 Å². The maximum Gasteiger partial charge on any atom is 0.0543 e. The van der Waals surface area contributed by atoms with E-state index in [0.29, 0.717) is 0 Å². The van der Waals surface area contributed by atoms with Crippen molar-refractivity contribution in [1.82, 2.24) is 0 Å². The molecule has 3 nitrogen and oxygen atoms in total. The minimum absolute atomic E-state index is 0.